The Morgan fingerprint density at radius 3 is 2.57 bits per heavy atom. The molecule has 150 valence electrons. The van der Waals surface area contributed by atoms with E-state index in [0.29, 0.717) is 23.0 Å². The van der Waals surface area contributed by atoms with Gasteiger partial charge in [-0.3, -0.25) is 4.79 Å². The number of ether oxygens (including phenoxy) is 3. The highest BCUT2D eigenvalue weighted by atomic mass is 32.2. The van der Waals surface area contributed by atoms with Crippen LogP contribution in [0.5, 0.6) is 11.5 Å². The minimum Gasteiger partial charge on any atom is -0.493 e. The summed E-state index contributed by atoms with van der Waals surface area (Å²) in [7, 11) is 3.12. The molecule has 2 heterocycles. The second-order valence-corrected chi connectivity index (χ2v) is 7.50. The fourth-order valence-corrected chi connectivity index (χ4v) is 4.56. The number of thioether (sulfide) groups is 1. The summed E-state index contributed by atoms with van der Waals surface area (Å²) in [5.41, 5.74) is 1.73. The van der Waals surface area contributed by atoms with Crippen LogP contribution in [0, 0.1) is 6.92 Å². The SMILES string of the molecule is COc1cc(C)c(COC(=O)[C@@H]2CS[C@H](c3ccco3)N2C(C)=O)cc1OC. The lowest BCUT2D eigenvalue weighted by Gasteiger charge is -2.26. The Labute approximate surface area is 167 Å². The van der Waals surface area contributed by atoms with Crippen molar-refractivity contribution in [2.75, 3.05) is 20.0 Å². The molecule has 2 aromatic rings. The Hall–Kier alpha value is -2.61. The largest absolute Gasteiger partial charge is 0.493 e. The van der Waals surface area contributed by atoms with E-state index in [1.807, 2.05) is 13.0 Å². The van der Waals surface area contributed by atoms with Crippen LogP contribution in [0.1, 0.15) is 29.2 Å². The standard InChI is InChI=1S/C20H23NO6S/c1-12-8-17(24-3)18(25-4)9-14(12)10-27-20(23)15-11-28-19(21(15)13(2)22)16-6-5-7-26-16/h5-9,15,19H,10-11H2,1-4H3/t15-,19+/m0/s1. The van der Waals surface area contributed by atoms with E-state index in [1.54, 1.807) is 38.7 Å². The number of furan rings is 1. The Balaban J connectivity index is 1.72. The van der Waals surface area contributed by atoms with Gasteiger partial charge in [0, 0.05) is 12.7 Å². The van der Waals surface area contributed by atoms with E-state index >= 15 is 0 Å². The Bertz CT molecular complexity index is 851. The molecule has 0 unspecified atom stereocenters. The van der Waals surface area contributed by atoms with Gasteiger partial charge in [-0.1, -0.05) is 0 Å². The molecule has 0 saturated carbocycles. The molecule has 1 aliphatic heterocycles. The summed E-state index contributed by atoms with van der Waals surface area (Å²) in [6.07, 6.45) is 1.56. The molecule has 1 saturated heterocycles. The molecule has 2 atom stereocenters. The highest BCUT2D eigenvalue weighted by Gasteiger charge is 2.43. The maximum Gasteiger partial charge on any atom is 0.330 e. The number of rotatable bonds is 6. The minimum atomic E-state index is -0.655. The van der Waals surface area contributed by atoms with Crippen LogP contribution in [-0.2, 0) is 20.9 Å². The molecule has 28 heavy (non-hydrogen) atoms. The van der Waals surface area contributed by atoms with Gasteiger partial charge in [0.1, 0.15) is 23.8 Å². The topological polar surface area (TPSA) is 78.2 Å². The van der Waals surface area contributed by atoms with Crippen LogP contribution in [0.15, 0.2) is 34.9 Å². The number of aryl methyl sites for hydroxylation is 1. The van der Waals surface area contributed by atoms with Crippen LogP contribution in [-0.4, -0.2) is 42.8 Å². The number of methoxy groups -OCH3 is 2. The predicted molar refractivity (Wildman–Crippen MR) is 104 cm³/mol. The van der Waals surface area contributed by atoms with Gasteiger partial charge in [-0.25, -0.2) is 4.79 Å². The maximum atomic E-state index is 12.7. The van der Waals surface area contributed by atoms with Crippen LogP contribution in [0.3, 0.4) is 0 Å². The van der Waals surface area contributed by atoms with Crippen molar-refractivity contribution < 1.29 is 28.2 Å². The average Bonchev–Trinajstić information content (AvgIpc) is 3.35. The fraction of sp³-hybridized carbons (Fsp3) is 0.400. The fourth-order valence-electron chi connectivity index (χ4n) is 3.15. The van der Waals surface area contributed by atoms with Crippen molar-refractivity contribution in [3.8, 4) is 11.5 Å². The third kappa shape index (κ3) is 3.96. The van der Waals surface area contributed by atoms with Gasteiger partial charge in [-0.2, -0.15) is 0 Å². The minimum absolute atomic E-state index is 0.0867. The van der Waals surface area contributed by atoms with E-state index in [9.17, 15) is 9.59 Å². The molecule has 8 heteroatoms. The van der Waals surface area contributed by atoms with Crippen molar-refractivity contribution in [1.29, 1.82) is 0 Å². The summed E-state index contributed by atoms with van der Waals surface area (Å²) in [5, 5.41) is -0.326. The molecular formula is C20H23NO6S. The predicted octanol–water partition coefficient (Wildman–Crippen LogP) is 3.31. The van der Waals surface area contributed by atoms with Crippen molar-refractivity contribution in [2.45, 2.75) is 31.9 Å². The lowest BCUT2D eigenvalue weighted by Crippen LogP contribution is -2.42. The van der Waals surface area contributed by atoms with Crippen LogP contribution in [0.25, 0.3) is 0 Å². The van der Waals surface area contributed by atoms with Gasteiger partial charge >= 0.3 is 5.97 Å². The van der Waals surface area contributed by atoms with Crippen LogP contribution in [0.2, 0.25) is 0 Å². The zero-order valence-corrected chi connectivity index (χ0v) is 17.1. The summed E-state index contributed by atoms with van der Waals surface area (Å²) >= 11 is 1.48. The summed E-state index contributed by atoms with van der Waals surface area (Å²) in [5.74, 6) is 1.65. The molecule has 7 nitrogen and oxygen atoms in total. The number of hydrogen-bond acceptors (Lipinski definition) is 7. The first-order chi connectivity index (χ1) is 13.5. The van der Waals surface area contributed by atoms with E-state index in [1.165, 1.54) is 23.6 Å². The van der Waals surface area contributed by atoms with Gasteiger partial charge < -0.3 is 23.5 Å². The van der Waals surface area contributed by atoms with Gasteiger partial charge in [0.25, 0.3) is 0 Å². The molecule has 0 N–H and O–H groups in total. The van der Waals surface area contributed by atoms with Gasteiger partial charge in [-0.15, -0.1) is 11.8 Å². The molecular weight excluding hydrogens is 382 g/mol. The molecule has 1 aromatic heterocycles. The number of esters is 1. The quantitative estimate of drug-likeness (QED) is 0.682. The Morgan fingerprint density at radius 1 is 1.25 bits per heavy atom. The summed E-state index contributed by atoms with van der Waals surface area (Å²) in [6, 6.07) is 6.54. The number of amides is 1. The molecule has 1 aliphatic rings. The van der Waals surface area contributed by atoms with Gasteiger partial charge in [0.05, 0.1) is 20.5 Å². The zero-order valence-electron chi connectivity index (χ0n) is 16.3. The first-order valence-corrected chi connectivity index (χ1v) is 9.83. The third-order valence-electron chi connectivity index (χ3n) is 4.63. The lowest BCUT2D eigenvalue weighted by atomic mass is 10.1. The zero-order chi connectivity index (χ0) is 20.3. The summed E-state index contributed by atoms with van der Waals surface area (Å²) in [4.78, 5) is 26.4. The molecule has 1 amide bonds. The molecule has 1 fully saturated rings. The molecule has 0 radical (unpaired) electrons. The van der Waals surface area contributed by atoms with Crippen molar-refractivity contribution in [3.05, 3.63) is 47.4 Å². The van der Waals surface area contributed by atoms with Crippen LogP contribution >= 0.6 is 11.8 Å². The normalized spacial score (nSPS) is 18.8. The molecule has 0 bridgehead atoms. The van der Waals surface area contributed by atoms with E-state index < -0.39 is 12.0 Å². The monoisotopic (exact) mass is 405 g/mol. The first-order valence-electron chi connectivity index (χ1n) is 8.78. The van der Waals surface area contributed by atoms with Crippen LogP contribution < -0.4 is 9.47 Å². The summed E-state index contributed by atoms with van der Waals surface area (Å²) in [6.45, 7) is 3.44. The maximum absolute atomic E-state index is 12.7. The van der Waals surface area contributed by atoms with Crippen molar-refractivity contribution in [1.82, 2.24) is 4.90 Å². The number of carbonyl (C=O) groups is 2. The number of hydrogen-bond donors (Lipinski definition) is 0. The van der Waals surface area contributed by atoms with E-state index in [0.717, 1.165) is 11.1 Å². The van der Waals surface area contributed by atoms with Crippen molar-refractivity contribution in [2.24, 2.45) is 0 Å². The number of nitrogens with zero attached hydrogens (tertiary/aromatic N) is 1. The van der Waals surface area contributed by atoms with E-state index in [-0.39, 0.29) is 17.9 Å². The highest BCUT2D eigenvalue weighted by Crippen LogP contribution is 2.42. The lowest BCUT2D eigenvalue weighted by molar-refractivity contribution is -0.154. The Kier molecular flexibility index (Phi) is 6.18. The van der Waals surface area contributed by atoms with E-state index in [2.05, 4.69) is 0 Å². The van der Waals surface area contributed by atoms with Crippen molar-refractivity contribution >= 4 is 23.6 Å². The molecule has 0 aliphatic carbocycles. The molecule has 0 spiro atoms. The highest BCUT2D eigenvalue weighted by molar-refractivity contribution is 7.99. The third-order valence-corrected chi connectivity index (χ3v) is 5.92. The molecule has 1 aromatic carbocycles. The van der Waals surface area contributed by atoms with Gasteiger partial charge in [0.15, 0.2) is 11.5 Å². The van der Waals surface area contributed by atoms with Crippen LogP contribution in [0.4, 0.5) is 0 Å². The smallest absolute Gasteiger partial charge is 0.330 e. The molecule has 3 rings (SSSR count). The second kappa shape index (κ2) is 8.60. The van der Waals surface area contributed by atoms with E-state index in [4.69, 9.17) is 18.6 Å². The average molecular weight is 405 g/mol. The Morgan fingerprint density at radius 2 is 1.96 bits per heavy atom. The van der Waals surface area contributed by atoms with Gasteiger partial charge in [-0.05, 0) is 42.3 Å². The summed E-state index contributed by atoms with van der Waals surface area (Å²) < 4.78 is 21.6. The van der Waals surface area contributed by atoms with Gasteiger partial charge in [0.2, 0.25) is 5.91 Å². The van der Waals surface area contributed by atoms with Crippen molar-refractivity contribution in [3.63, 3.8) is 0 Å². The second-order valence-electron chi connectivity index (χ2n) is 6.38. The number of carbonyl (C=O) groups excluding carboxylic acids is 2. The first kappa shape index (κ1) is 20.1. The number of benzene rings is 1.